The first-order valence-electron chi connectivity index (χ1n) is 11.0. The lowest BCUT2D eigenvalue weighted by atomic mass is 9.69. The van der Waals surface area contributed by atoms with Crippen LogP contribution in [-0.2, 0) is 4.79 Å². The van der Waals surface area contributed by atoms with Crippen molar-refractivity contribution in [2.75, 3.05) is 17.7 Å². The number of phenols is 1. The summed E-state index contributed by atoms with van der Waals surface area (Å²) in [5.74, 6) is 1.14. The maximum Gasteiger partial charge on any atom is 0.257 e. The maximum atomic E-state index is 13.3. The molecule has 2 aliphatic rings. The van der Waals surface area contributed by atoms with Crippen molar-refractivity contribution in [3.8, 4) is 11.5 Å². The van der Waals surface area contributed by atoms with Crippen LogP contribution in [-0.4, -0.2) is 33.2 Å². The van der Waals surface area contributed by atoms with Gasteiger partial charge in [-0.3, -0.25) is 9.59 Å². The Morgan fingerprint density at radius 1 is 1.25 bits per heavy atom. The quantitative estimate of drug-likeness (QED) is 0.433. The number of rotatable bonds is 6. The van der Waals surface area contributed by atoms with E-state index in [0.717, 1.165) is 23.4 Å². The average Bonchev–Trinajstić information content (AvgIpc) is 2.71. The van der Waals surface area contributed by atoms with E-state index in [4.69, 9.17) is 9.72 Å². The molecule has 170 valence electrons. The molecule has 2 aromatic rings. The monoisotopic (exact) mass is 455 g/mol. The van der Waals surface area contributed by atoms with Gasteiger partial charge in [-0.2, -0.15) is 0 Å². The normalized spacial score (nSPS) is 19.2. The zero-order valence-corrected chi connectivity index (χ0v) is 19.7. The molecule has 1 aromatic carbocycles. The molecule has 1 aliphatic carbocycles. The van der Waals surface area contributed by atoms with E-state index in [1.165, 1.54) is 11.8 Å². The van der Waals surface area contributed by atoms with Gasteiger partial charge in [-0.1, -0.05) is 38.6 Å². The molecular weight excluding hydrogens is 426 g/mol. The number of H-pyrrole nitrogens is 1. The number of fused-ring (bicyclic) bond motifs is 1. The van der Waals surface area contributed by atoms with Crippen LogP contribution in [0.4, 0.5) is 5.82 Å². The first kappa shape index (κ1) is 22.5. The molecule has 0 saturated heterocycles. The van der Waals surface area contributed by atoms with Gasteiger partial charge in [0.1, 0.15) is 5.82 Å². The lowest BCUT2D eigenvalue weighted by molar-refractivity contribution is -0.118. The van der Waals surface area contributed by atoms with Crippen LogP contribution in [0.2, 0.25) is 0 Å². The maximum absolute atomic E-state index is 13.3. The molecule has 0 bridgehead atoms. The molecule has 0 spiro atoms. The minimum absolute atomic E-state index is 0.0217. The van der Waals surface area contributed by atoms with Crippen LogP contribution < -0.4 is 15.6 Å². The van der Waals surface area contributed by atoms with Crippen LogP contribution in [0, 0.1) is 5.41 Å². The molecule has 0 saturated carbocycles. The molecule has 32 heavy (non-hydrogen) atoms. The van der Waals surface area contributed by atoms with E-state index >= 15 is 0 Å². The van der Waals surface area contributed by atoms with E-state index in [0.29, 0.717) is 47.3 Å². The van der Waals surface area contributed by atoms with Crippen molar-refractivity contribution in [1.29, 1.82) is 0 Å². The summed E-state index contributed by atoms with van der Waals surface area (Å²) in [4.78, 5) is 34.2. The topological polar surface area (TPSA) is 104 Å². The van der Waals surface area contributed by atoms with Gasteiger partial charge < -0.3 is 20.1 Å². The summed E-state index contributed by atoms with van der Waals surface area (Å²) >= 11 is 1.50. The van der Waals surface area contributed by atoms with Crippen molar-refractivity contribution in [3.05, 3.63) is 50.9 Å². The van der Waals surface area contributed by atoms with Gasteiger partial charge in [0.05, 0.1) is 12.2 Å². The van der Waals surface area contributed by atoms with E-state index in [1.807, 2.05) is 6.92 Å². The third kappa shape index (κ3) is 4.16. The molecule has 3 N–H and O–H groups in total. The predicted molar refractivity (Wildman–Crippen MR) is 126 cm³/mol. The SMILES string of the molecule is CCCSc1nc2c(c(=O)[nH]1)C(c1ccc(O)c(OCC)c1)C1=C(CC(C)(C)CC1=O)N2. The summed E-state index contributed by atoms with van der Waals surface area (Å²) in [7, 11) is 0. The number of hydrogen-bond acceptors (Lipinski definition) is 7. The summed E-state index contributed by atoms with van der Waals surface area (Å²) in [6.07, 6.45) is 2.06. The van der Waals surface area contributed by atoms with Crippen molar-refractivity contribution in [1.82, 2.24) is 9.97 Å². The van der Waals surface area contributed by atoms with Gasteiger partial charge in [0.25, 0.3) is 5.56 Å². The van der Waals surface area contributed by atoms with Crippen molar-refractivity contribution < 1.29 is 14.6 Å². The Bertz CT molecular complexity index is 1150. The van der Waals surface area contributed by atoms with Gasteiger partial charge in [0.15, 0.2) is 22.4 Å². The molecule has 7 nitrogen and oxygen atoms in total. The number of hydrogen-bond donors (Lipinski definition) is 3. The van der Waals surface area contributed by atoms with Gasteiger partial charge in [-0.05, 0) is 42.9 Å². The zero-order valence-electron chi connectivity index (χ0n) is 18.9. The molecule has 1 unspecified atom stereocenters. The minimum atomic E-state index is -0.578. The van der Waals surface area contributed by atoms with E-state index in [1.54, 1.807) is 18.2 Å². The van der Waals surface area contributed by atoms with Crippen molar-refractivity contribution in [3.63, 3.8) is 0 Å². The highest BCUT2D eigenvalue weighted by Crippen LogP contribution is 2.48. The fraction of sp³-hybridized carbons (Fsp3) is 0.458. The van der Waals surface area contributed by atoms with Crippen LogP contribution >= 0.6 is 11.8 Å². The highest BCUT2D eigenvalue weighted by molar-refractivity contribution is 7.99. The van der Waals surface area contributed by atoms with E-state index in [-0.39, 0.29) is 22.5 Å². The van der Waals surface area contributed by atoms with Gasteiger partial charge in [-0.25, -0.2) is 4.98 Å². The number of thioether (sulfide) groups is 1. The number of nitrogens with one attached hydrogen (secondary N) is 2. The number of ketones is 1. The molecule has 8 heteroatoms. The van der Waals surface area contributed by atoms with Crippen LogP contribution in [0.1, 0.15) is 64.0 Å². The molecule has 1 aromatic heterocycles. The Kier molecular flexibility index (Phi) is 6.07. The van der Waals surface area contributed by atoms with E-state index in [2.05, 4.69) is 31.1 Å². The fourth-order valence-electron chi connectivity index (χ4n) is 4.48. The minimum Gasteiger partial charge on any atom is -0.504 e. The zero-order chi connectivity index (χ0) is 23.0. The Morgan fingerprint density at radius 3 is 2.75 bits per heavy atom. The molecule has 2 heterocycles. The number of anilines is 1. The largest absolute Gasteiger partial charge is 0.504 e. The molecule has 4 rings (SSSR count). The second-order valence-corrected chi connectivity index (χ2v) is 10.1. The first-order valence-corrected chi connectivity index (χ1v) is 12.0. The van der Waals surface area contributed by atoms with E-state index < -0.39 is 5.92 Å². The molecule has 0 amide bonds. The number of aromatic nitrogens is 2. The van der Waals surface area contributed by atoms with Crippen LogP contribution in [0.5, 0.6) is 11.5 Å². The second-order valence-electron chi connectivity index (χ2n) is 9.03. The van der Waals surface area contributed by atoms with Gasteiger partial charge in [0.2, 0.25) is 0 Å². The third-order valence-corrected chi connectivity index (χ3v) is 6.84. The van der Waals surface area contributed by atoms with Crippen molar-refractivity contribution in [2.45, 2.75) is 58.0 Å². The average molecular weight is 456 g/mol. The number of benzene rings is 1. The van der Waals surface area contributed by atoms with Crippen LogP contribution in [0.3, 0.4) is 0 Å². The number of aromatic amines is 1. The number of Topliss-reactive ketones (excluding diaryl/α,β-unsaturated/α-hetero) is 1. The Labute approximate surface area is 191 Å². The highest BCUT2D eigenvalue weighted by atomic mass is 32.2. The first-order chi connectivity index (χ1) is 15.2. The summed E-state index contributed by atoms with van der Waals surface area (Å²) < 4.78 is 5.57. The van der Waals surface area contributed by atoms with Gasteiger partial charge in [-0.15, -0.1) is 0 Å². The number of phenolic OH excluding ortho intramolecular Hbond substituents is 1. The Morgan fingerprint density at radius 2 is 2.03 bits per heavy atom. The predicted octanol–water partition coefficient (Wildman–Crippen LogP) is 4.58. The Hall–Kier alpha value is -2.74. The van der Waals surface area contributed by atoms with Crippen LogP contribution in [0.15, 0.2) is 39.4 Å². The number of carbonyl (C=O) groups excluding carboxylic acids is 1. The number of carbonyl (C=O) groups is 1. The van der Waals surface area contributed by atoms with Gasteiger partial charge in [0, 0.05) is 29.4 Å². The second kappa shape index (κ2) is 8.65. The van der Waals surface area contributed by atoms with Crippen molar-refractivity contribution >= 4 is 23.4 Å². The fourth-order valence-corrected chi connectivity index (χ4v) is 5.19. The summed E-state index contributed by atoms with van der Waals surface area (Å²) in [5, 5.41) is 14.1. The third-order valence-electron chi connectivity index (χ3n) is 5.76. The standard InChI is InChI=1S/C24H29N3O4S/c1-5-9-32-23-26-21-20(22(30)27-23)18(13-7-8-15(28)17(10-13)31-6-2)19-14(25-21)11-24(3,4)12-16(19)29/h7-8,10,18,28H,5-6,9,11-12H2,1-4H3,(H2,25,26,27,30). The van der Waals surface area contributed by atoms with E-state index in [9.17, 15) is 14.7 Å². The molecule has 0 radical (unpaired) electrons. The number of nitrogens with zero attached hydrogens (tertiary/aromatic N) is 1. The number of ether oxygens (including phenoxy) is 1. The molecule has 1 atom stereocenters. The van der Waals surface area contributed by atoms with Crippen LogP contribution in [0.25, 0.3) is 0 Å². The summed E-state index contributed by atoms with van der Waals surface area (Å²) in [5.41, 5.74) is 2.12. The Balaban J connectivity index is 1.92. The van der Waals surface area contributed by atoms with Gasteiger partial charge >= 0.3 is 0 Å². The smallest absolute Gasteiger partial charge is 0.257 e. The molecule has 1 aliphatic heterocycles. The summed E-state index contributed by atoms with van der Waals surface area (Å²) in [6.45, 7) is 8.45. The highest BCUT2D eigenvalue weighted by Gasteiger charge is 2.42. The lowest BCUT2D eigenvalue weighted by Gasteiger charge is -2.38. The molecular formula is C24H29N3O4S. The number of allylic oxidation sites excluding steroid dienone is 2. The summed E-state index contributed by atoms with van der Waals surface area (Å²) in [6, 6.07) is 5.01. The molecule has 0 fully saturated rings. The number of aromatic hydroxyl groups is 1. The lowest BCUT2D eigenvalue weighted by Crippen LogP contribution is -2.37. The van der Waals surface area contributed by atoms with Crippen molar-refractivity contribution in [2.24, 2.45) is 5.41 Å².